The zero-order valence-corrected chi connectivity index (χ0v) is 17.2. The van der Waals surface area contributed by atoms with Crippen LogP contribution in [0.3, 0.4) is 0 Å². The van der Waals surface area contributed by atoms with Gasteiger partial charge in [-0.2, -0.15) is 0 Å². The first-order valence-corrected chi connectivity index (χ1v) is 10.1. The molecule has 0 spiro atoms. The number of rotatable bonds is 5. The Morgan fingerprint density at radius 3 is 2.50 bits per heavy atom. The monoisotopic (exact) mass is 403 g/mol. The third-order valence-corrected chi connectivity index (χ3v) is 5.58. The van der Waals surface area contributed by atoms with Crippen LogP contribution in [0.4, 0.5) is 5.82 Å². The van der Waals surface area contributed by atoms with Gasteiger partial charge in [0.2, 0.25) is 5.91 Å². The summed E-state index contributed by atoms with van der Waals surface area (Å²) < 4.78 is 1.47. The molecule has 0 radical (unpaired) electrons. The maximum absolute atomic E-state index is 13.3. The van der Waals surface area contributed by atoms with Gasteiger partial charge in [-0.1, -0.05) is 24.6 Å². The first-order chi connectivity index (χ1) is 13.3. The summed E-state index contributed by atoms with van der Waals surface area (Å²) in [6, 6.07) is 6.80. The third-order valence-electron chi connectivity index (χ3n) is 5.35. The minimum atomic E-state index is -1.11. The number of hydrogen-bond donors (Lipinski definition) is 1. The summed E-state index contributed by atoms with van der Waals surface area (Å²) in [4.78, 5) is 26.7. The van der Waals surface area contributed by atoms with Gasteiger partial charge < -0.3 is 5.11 Å². The molecule has 0 atom stereocenters. The van der Waals surface area contributed by atoms with E-state index in [1.807, 2.05) is 13.8 Å². The number of aromatic nitrogens is 2. The van der Waals surface area contributed by atoms with Gasteiger partial charge in [-0.3, -0.25) is 9.69 Å². The molecule has 2 aromatic rings. The van der Waals surface area contributed by atoms with Crippen LogP contribution in [0.25, 0.3) is 5.69 Å². The van der Waals surface area contributed by atoms with Gasteiger partial charge in [0, 0.05) is 23.2 Å². The number of anilines is 1. The lowest BCUT2D eigenvalue weighted by Gasteiger charge is -2.32. The number of carboxylic acids is 1. The fraction of sp³-hybridized carbons (Fsp3) is 0.476. The molecular weight excluding hydrogens is 378 g/mol. The largest absolute Gasteiger partial charge is 0.477 e. The summed E-state index contributed by atoms with van der Waals surface area (Å²) >= 11 is 6.06. The van der Waals surface area contributed by atoms with E-state index in [1.165, 1.54) is 10.9 Å². The van der Waals surface area contributed by atoms with E-state index >= 15 is 0 Å². The highest BCUT2D eigenvalue weighted by Crippen LogP contribution is 2.32. The number of carboxylic acid groups (broad SMARTS) is 1. The molecule has 0 unspecified atom stereocenters. The van der Waals surface area contributed by atoms with Gasteiger partial charge in [-0.15, -0.1) is 5.10 Å². The van der Waals surface area contributed by atoms with Crippen molar-refractivity contribution in [3.8, 4) is 5.69 Å². The molecule has 1 aliphatic carbocycles. The summed E-state index contributed by atoms with van der Waals surface area (Å²) in [5.74, 6) is -0.421. The number of nitrogens with zero attached hydrogens (tertiary/aromatic N) is 3. The van der Waals surface area contributed by atoms with Gasteiger partial charge in [0.1, 0.15) is 5.56 Å². The van der Waals surface area contributed by atoms with E-state index in [0.717, 1.165) is 25.7 Å². The van der Waals surface area contributed by atoms with Crippen molar-refractivity contribution in [2.45, 2.75) is 52.5 Å². The summed E-state index contributed by atoms with van der Waals surface area (Å²) in [6.45, 7) is 5.97. The fourth-order valence-corrected chi connectivity index (χ4v) is 3.94. The van der Waals surface area contributed by atoms with E-state index in [9.17, 15) is 14.7 Å². The molecule has 0 saturated heterocycles. The topological polar surface area (TPSA) is 75.4 Å². The molecule has 0 bridgehead atoms. The summed E-state index contributed by atoms with van der Waals surface area (Å²) in [5.41, 5.74) is 0.648. The molecule has 1 saturated carbocycles. The number of hydrogen-bond acceptors (Lipinski definition) is 3. The van der Waals surface area contributed by atoms with Gasteiger partial charge in [-0.05, 0) is 63.6 Å². The molecule has 1 fully saturated rings. The average Bonchev–Trinajstić information content (AvgIpc) is 3.07. The first kappa shape index (κ1) is 20.4. The molecule has 1 heterocycles. The minimum Gasteiger partial charge on any atom is -0.477 e. The molecule has 150 valence electrons. The standard InChI is InChI=1S/C21H26ClN3O3/c1-13(2)25(20(26)15-9-7-14(3)8-10-15)19-18(21(27)28)12-24(23-19)17-6-4-5-16(22)11-17/h4-6,11-15H,7-10H2,1-3H3,(H,27,28)/t14-,15-. The number of carbonyl (C=O) groups is 2. The van der Waals surface area contributed by atoms with Crippen molar-refractivity contribution >= 4 is 29.3 Å². The van der Waals surface area contributed by atoms with Gasteiger partial charge in [0.15, 0.2) is 5.82 Å². The number of aromatic carboxylic acids is 1. The highest BCUT2D eigenvalue weighted by Gasteiger charge is 2.34. The molecular formula is C21H26ClN3O3. The summed E-state index contributed by atoms with van der Waals surface area (Å²) in [6.07, 6.45) is 5.15. The molecule has 28 heavy (non-hydrogen) atoms. The fourth-order valence-electron chi connectivity index (χ4n) is 3.75. The first-order valence-electron chi connectivity index (χ1n) is 9.70. The Labute approximate surface area is 170 Å². The Bertz CT molecular complexity index is 870. The molecule has 1 amide bonds. The maximum Gasteiger partial charge on any atom is 0.341 e. The molecule has 0 aliphatic heterocycles. The van der Waals surface area contributed by atoms with Crippen molar-refractivity contribution in [2.24, 2.45) is 11.8 Å². The molecule has 3 rings (SSSR count). The Hall–Kier alpha value is -2.34. The summed E-state index contributed by atoms with van der Waals surface area (Å²) in [5, 5.41) is 14.7. The predicted molar refractivity (Wildman–Crippen MR) is 109 cm³/mol. The van der Waals surface area contributed by atoms with Crippen LogP contribution >= 0.6 is 11.6 Å². The van der Waals surface area contributed by atoms with Crippen LogP contribution in [0.2, 0.25) is 5.02 Å². The average molecular weight is 404 g/mol. The van der Waals surface area contributed by atoms with Crippen LogP contribution in [0.5, 0.6) is 0 Å². The van der Waals surface area contributed by atoms with Crippen molar-refractivity contribution < 1.29 is 14.7 Å². The van der Waals surface area contributed by atoms with Crippen molar-refractivity contribution in [2.75, 3.05) is 4.90 Å². The van der Waals surface area contributed by atoms with Crippen molar-refractivity contribution in [3.63, 3.8) is 0 Å². The Balaban J connectivity index is 2.00. The van der Waals surface area contributed by atoms with E-state index in [4.69, 9.17) is 11.6 Å². The van der Waals surface area contributed by atoms with Crippen LogP contribution in [0.15, 0.2) is 30.5 Å². The van der Waals surface area contributed by atoms with Crippen LogP contribution < -0.4 is 4.90 Å². The van der Waals surface area contributed by atoms with Crippen LogP contribution in [-0.2, 0) is 4.79 Å². The van der Waals surface area contributed by atoms with E-state index in [-0.39, 0.29) is 29.2 Å². The number of halogens is 1. The lowest BCUT2D eigenvalue weighted by molar-refractivity contribution is -0.123. The van der Waals surface area contributed by atoms with Crippen LogP contribution in [0.1, 0.15) is 56.8 Å². The van der Waals surface area contributed by atoms with Crippen LogP contribution in [-0.4, -0.2) is 32.8 Å². The van der Waals surface area contributed by atoms with Gasteiger partial charge in [0.05, 0.1) is 5.69 Å². The van der Waals surface area contributed by atoms with Gasteiger partial charge in [-0.25, -0.2) is 9.48 Å². The molecule has 1 aliphatic rings. The van der Waals surface area contributed by atoms with E-state index in [1.54, 1.807) is 29.2 Å². The van der Waals surface area contributed by atoms with Gasteiger partial charge in [0.25, 0.3) is 0 Å². The molecule has 1 aromatic heterocycles. The highest BCUT2D eigenvalue weighted by atomic mass is 35.5. The van der Waals surface area contributed by atoms with Crippen molar-refractivity contribution in [3.05, 3.63) is 41.0 Å². The Morgan fingerprint density at radius 2 is 1.93 bits per heavy atom. The zero-order chi connectivity index (χ0) is 20.4. The predicted octanol–water partition coefficient (Wildman–Crippen LogP) is 4.79. The quantitative estimate of drug-likeness (QED) is 0.778. The second kappa shape index (κ2) is 8.35. The maximum atomic E-state index is 13.3. The second-order valence-electron chi connectivity index (χ2n) is 7.85. The molecule has 1 aromatic carbocycles. The Morgan fingerprint density at radius 1 is 1.25 bits per heavy atom. The normalized spacial score (nSPS) is 19.6. The lowest BCUT2D eigenvalue weighted by atomic mass is 9.82. The second-order valence-corrected chi connectivity index (χ2v) is 8.29. The number of benzene rings is 1. The molecule has 7 heteroatoms. The molecule has 6 nitrogen and oxygen atoms in total. The highest BCUT2D eigenvalue weighted by molar-refractivity contribution is 6.30. The van der Waals surface area contributed by atoms with E-state index in [0.29, 0.717) is 16.6 Å². The molecule has 1 N–H and O–H groups in total. The smallest absolute Gasteiger partial charge is 0.341 e. The van der Waals surface area contributed by atoms with Crippen molar-refractivity contribution in [1.82, 2.24) is 9.78 Å². The third kappa shape index (κ3) is 4.22. The van der Waals surface area contributed by atoms with E-state index < -0.39 is 5.97 Å². The SMILES string of the molecule is CC(C)N(c1nn(-c2cccc(Cl)c2)cc1C(=O)O)C(=O)[C@H]1CC[C@H](C)CC1. The number of amides is 1. The van der Waals surface area contributed by atoms with Crippen molar-refractivity contribution in [1.29, 1.82) is 0 Å². The van der Waals surface area contributed by atoms with Crippen LogP contribution in [0, 0.1) is 11.8 Å². The minimum absolute atomic E-state index is 0.00574. The lowest BCUT2D eigenvalue weighted by Crippen LogP contribution is -2.43. The Kier molecular flexibility index (Phi) is 6.08. The van der Waals surface area contributed by atoms with Gasteiger partial charge >= 0.3 is 5.97 Å². The summed E-state index contributed by atoms with van der Waals surface area (Å²) in [7, 11) is 0. The van der Waals surface area contributed by atoms with E-state index in [2.05, 4.69) is 12.0 Å². The number of carbonyl (C=O) groups excluding carboxylic acids is 1. The zero-order valence-electron chi connectivity index (χ0n) is 16.4.